The van der Waals surface area contributed by atoms with Crippen LogP contribution < -0.4 is 15.5 Å². The van der Waals surface area contributed by atoms with Crippen molar-refractivity contribution in [2.75, 3.05) is 50.6 Å². The van der Waals surface area contributed by atoms with Crippen LogP contribution in [-0.4, -0.2) is 66.8 Å². The summed E-state index contributed by atoms with van der Waals surface area (Å²) in [4.78, 5) is 32.8. The van der Waals surface area contributed by atoms with Crippen molar-refractivity contribution in [1.82, 2.24) is 19.8 Å². The number of hydrogen-bond acceptors (Lipinski definition) is 5. The number of carbonyl (C=O) groups is 2. The highest BCUT2D eigenvalue weighted by Gasteiger charge is 2.16. The summed E-state index contributed by atoms with van der Waals surface area (Å²) in [6.07, 6.45) is 3.65. The molecule has 0 atom stereocenters. The number of benzene rings is 1. The smallest absolute Gasteiger partial charge is 0.319 e. The van der Waals surface area contributed by atoms with Crippen molar-refractivity contribution in [3.05, 3.63) is 54.4 Å². The van der Waals surface area contributed by atoms with Gasteiger partial charge in [0.05, 0.1) is 13.2 Å². The van der Waals surface area contributed by atoms with Crippen LogP contribution in [0, 0.1) is 0 Å². The Morgan fingerprint density at radius 2 is 1.97 bits per heavy atom. The van der Waals surface area contributed by atoms with E-state index in [1.54, 1.807) is 25.2 Å². The third kappa shape index (κ3) is 5.00. The number of aromatic nitrogens is 2. The van der Waals surface area contributed by atoms with E-state index in [-0.39, 0.29) is 18.5 Å². The molecule has 1 aliphatic rings. The number of nitrogens with zero attached hydrogens (tertiary/aromatic N) is 4. The molecule has 1 aliphatic heterocycles. The van der Waals surface area contributed by atoms with E-state index < -0.39 is 0 Å². The first-order valence-electron chi connectivity index (χ1n) is 10.6. The Bertz CT molecular complexity index is 1100. The number of morpholine rings is 1. The van der Waals surface area contributed by atoms with Gasteiger partial charge in [0.2, 0.25) is 5.91 Å². The molecule has 0 aliphatic carbocycles. The average molecular weight is 437 g/mol. The number of nitrogens with one attached hydrogen (secondary N) is 2. The summed E-state index contributed by atoms with van der Waals surface area (Å²) in [6, 6.07) is 11.1. The predicted octanol–water partition coefficient (Wildman–Crippen LogP) is 2.28. The number of anilines is 2. The van der Waals surface area contributed by atoms with Gasteiger partial charge in [-0.05, 0) is 30.3 Å². The van der Waals surface area contributed by atoms with Crippen LogP contribution in [0.1, 0.15) is 5.56 Å². The monoisotopic (exact) mass is 436 g/mol. The summed E-state index contributed by atoms with van der Waals surface area (Å²) in [5, 5.41) is 6.75. The second-order valence-electron chi connectivity index (χ2n) is 7.90. The first kappa shape index (κ1) is 21.6. The zero-order chi connectivity index (χ0) is 22.5. The van der Waals surface area contributed by atoms with Crippen LogP contribution in [0.2, 0.25) is 0 Å². The zero-order valence-corrected chi connectivity index (χ0v) is 18.4. The fourth-order valence-electron chi connectivity index (χ4n) is 3.68. The molecule has 1 saturated heterocycles. The van der Waals surface area contributed by atoms with Crippen molar-refractivity contribution in [3.63, 3.8) is 0 Å². The number of amides is 3. The van der Waals surface area contributed by atoms with Gasteiger partial charge in [0, 0.05) is 68.3 Å². The van der Waals surface area contributed by atoms with E-state index >= 15 is 0 Å². The van der Waals surface area contributed by atoms with E-state index in [1.165, 1.54) is 0 Å². The van der Waals surface area contributed by atoms with Crippen LogP contribution >= 0.6 is 0 Å². The number of pyridine rings is 1. The number of carbonyl (C=O) groups excluding carboxylic acids is 2. The predicted molar refractivity (Wildman–Crippen MR) is 124 cm³/mol. The topological polar surface area (TPSA) is 91.7 Å². The normalized spacial score (nSPS) is 13.8. The Morgan fingerprint density at radius 3 is 2.75 bits per heavy atom. The minimum atomic E-state index is -0.289. The van der Waals surface area contributed by atoms with Crippen LogP contribution in [0.15, 0.2) is 48.8 Å². The van der Waals surface area contributed by atoms with Gasteiger partial charge in [-0.3, -0.25) is 4.79 Å². The summed E-state index contributed by atoms with van der Waals surface area (Å²) in [5.74, 6) is 0.905. The number of likely N-dealkylation sites (N-methyl/N-ethyl adjacent to an activating group) is 1. The number of urea groups is 1. The first-order chi connectivity index (χ1) is 15.5. The summed E-state index contributed by atoms with van der Waals surface area (Å²) < 4.78 is 7.32. The number of fused-ring (bicyclic) bond motifs is 1. The van der Waals surface area contributed by atoms with Gasteiger partial charge < -0.3 is 29.7 Å². The van der Waals surface area contributed by atoms with Crippen molar-refractivity contribution in [2.45, 2.75) is 13.1 Å². The molecule has 4 rings (SSSR count). The second-order valence-corrected chi connectivity index (χ2v) is 7.90. The molecule has 3 heterocycles. The number of rotatable bonds is 6. The third-order valence-corrected chi connectivity index (χ3v) is 5.45. The molecule has 0 spiro atoms. The van der Waals surface area contributed by atoms with Gasteiger partial charge in [-0.2, -0.15) is 0 Å². The van der Waals surface area contributed by atoms with E-state index in [1.807, 2.05) is 47.2 Å². The van der Waals surface area contributed by atoms with Gasteiger partial charge in [0.15, 0.2) is 0 Å². The first-order valence-corrected chi connectivity index (χ1v) is 10.6. The van der Waals surface area contributed by atoms with Crippen LogP contribution in [0.3, 0.4) is 0 Å². The highest BCUT2D eigenvalue weighted by atomic mass is 16.5. The maximum atomic E-state index is 12.5. The molecule has 0 unspecified atom stereocenters. The molecule has 3 amide bonds. The zero-order valence-electron chi connectivity index (χ0n) is 18.4. The quantitative estimate of drug-likeness (QED) is 0.619. The van der Waals surface area contributed by atoms with Crippen molar-refractivity contribution in [2.24, 2.45) is 0 Å². The van der Waals surface area contributed by atoms with Crippen molar-refractivity contribution < 1.29 is 14.3 Å². The van der Waals surface area contributed by atoms with Crippen LogP contribution in [0.5, 0.6) is 0 Å². The molecule has 9 heteroatoms. The largest absolute Gasteiger partial charge is 0.378 e. The number of hydrogen-bond donors (Lipinski definition) is 2. The lowest BCUT2D eigenvalue weighted by Crippen LogP contribution is -2.38. The molecule has 32 heavy (non-hydrogen) atoms. The summed E-state index contributed by atoms with van der Waals surface area (Å²) in [7, 11) is 3.48. The van der Waals surface area contributed by atoms with E-state index in [4.69, 9.17) is 4.74 Å². The van der Waals surface area contributed by atoms with E-state index in [0.717, 1.165) is 35.4 Å². The highest BCUT2D eigenvalue weighted by molar-refractivity contribution is 5.93. The Labute approximate surface area is 187 Å². The molecule has 168 valence electrons. The van der Waals surface area contributed by atoms with Gasteiger partial charge in [0.25, 0.3) is 0 Å². The van der Waals surface area contributed by atoms with Crippen LogP contribution in [0.4, 0.5) is 16.3 Å². The molecule has 9 nitrogen and oxygen atoms in total. The summed E-state index contributed by atoms with van der Waals surface area (Å²) >= 11 is 0. The SMILES string of the molecule is CN(C)C(=O)Cn1ccc2cc(NC(=O)NCc3cccnc3N3CCOCC3)ccc21. The second kappa shape index (κ2) is 9.69. The lowest BCUT2D eigenvalue weighted by Gasteiger charge is -2.29. The molecular formula is C23H28N6O3. The molecule has 3 aromatic rings. The minimum Gasteiger partial charge on any atom is -0.378 e. The molecule has 2 aromatic heterocycles. The maximum absolute atomic E-state index is 12.5. The van der Waals surface area contributed by atoms with Gasteiger partial charge in [-0.15, -0.1) is 0 Å². The highest BCUT2D eigenvalue weighted by Crippen LogP contribution is 2.21. The van der Waals surface area contributed by atoms with Gasteiger partial charge in [-0.25, -0.2) is 9.78 Å². The van der Waals surface area contributed by atoms with Crippen molar-refractivity contribution in [1.29, 1.82) is 0 Å². The fraction of sp³-hybridized carbons (Fsp3) is 0.348. The molecule has 1 fully saturated rings. The lowest BCUT2D eigenvalue weighted by molar-refractivity contribution is -0.129. The van der Waals surface area contributed by atoms with Crippen LogP contribution in [0.25, 0.3) is 10.9 Å². The Morgan fingerprint density at radius 1 is 1.16 bits per heavy atom. The Hall–Kier alpha value is -3.59. The molecule has 0 bridgehead atoms. The standard InChI is InChI=1S/C23H28N6O3/c1-27(2)21(30)16-29-9-7-17-14-19(5-6-20(17)29)26-23(31)25-15-18-4-3-8-24-22(18)28-10-12-32-13-11-28/h3-9,14H,10-13,15-16H2,1-2H3,(H2,25,26,31). The lowest BCUT2D eigenvalue weighted by atomic mass is 10.2. The fourth-order valence-corrected chi connectivity index (χ4v) is 3.68. The molecule has 1 aromatic carbocycles. The average Bonchev–Trinajstić information content (AvgIpc) is 3.20. The van der Waals surface area contributed by atoms with E-state index in [2.05, 4.69) is 20.5 Å². The maximum Gasteiger partial charge on any atom is 0.319 e. The van der Waals surface area contributed by atoms with E-state index in [9.17, 15) is 9.59 Å². The molecular weight excluding hydrogens is 408 g/mol. The minimum absolute atomic E-state index is 0.0240. The Balaban J connectivity index is 1.38. The van der Waals surface area contributed by atoms with E-state index in [0.29, 0.717) is 25.4 Å². The summed E-state index contributed by atoms with van der Waals surface area (Å²) in [5.41, 5.74) is 2.59. The molecule has 2 N–H and O–H groups in total. The third-order valence-electron chi connectivity index (χ3n) is 5.45. The number of ether oxygens (including phenoxy) is 1. The van der Waals surface area contributed by atoms with Crippen molar-refractivity contribution >= 4 is 34.3 Å². The summed E-state index contributed by atoms with van der Waals surface area (Å²) in [6.45, 7) is 3.58. The Kier molecular flexibility index (Phi) is 6.55. The van der Waals surface area contributed by atoms with Gasteiger partial charge >= 0.3 is 6.03 Å². The molecule has 0 radical (unpaired) electrons. The van der Waals surface area contributed by atoms with Gasteiger partial charge in [-0.1, -0.05) is 6.07 Å². The van der Waals surface area contributed by atoms with Crippen LogP contribution in [-0.2, 0) is 22.6 Å². The molecule has 0 saturated carbocycles. The van der Waals surface area contributed by atoms with Crippen molar-refractivity contribution in [3.8, 4) is 0 Å². The van der Waals surface area contributed by atoms with Gasteiger partial charge in [0.1, 0.15) is 12.4 Å².